The first-order chi connectivity index (χ1) is 8.52. The Morgan fingerprint density at radius 3 is 2.83 bits per heavy atom. The van der Waals surface area contributed by atoms with Crippen molar-refractivity contribution in [2.75, 3.05) is 18.0 Å². The van der Waals surface area contributed by atoms with Crippen LogP contribution in [0.1, 0.15) is 31.7 Å². The fourth-order valence-corrected chi connectivity index (χ4v) is 2.67. The third-order valence-electron chi connectivity index (χ3n) is 3.69. The normalized spacial score (nSPS) is 25.0. The van der Waals surface area contributed by atoms with Crippen LogP contribution in [-0.4, -0.2) is 23.8 Å². The van der Waals surface area contributed by atoms with Gasteiger partial charge in [-0.3, -0.25) is 0 Å². The molecule has 0 radical (unpaired) electrons. The van der Waals surface area contributed by atoms with Crippen LogP contribution in [0.2, 0.25) is 5.02 Å². The number of aliphatic hydroxyl groups is 1. The first kappa shape index (κ1) is 13.7. The molecule has 18 heavy (non-hydrogen) atoms. The van der Waals surface area contributed by atoms with Crippen LogP contribution in [0.5, 0.6) is 0 Å². The maximum atomic E-state index is 10.1. The molecular weight excluding hydrogens is 248 g/mol. The summed E-state index contributed by atoms with van der Waals surface area (Å²) in [5.74, 6) is 0. The van der Waals surface area contributed by atoms with Gasteiger partial charge in [0.15, 0.2) is 0 Å². The summed E-state index contributed by atoms with van der Waals surface area (Å²) in [6.45, 7) is 4.22. The average molecular weight is 269 g/mol. The first-order valence-electron chi connectivity index (χ1n) is 6.48. The number of benzene rings is 1. The monoisotopic (exact) mass is 268 g/mol. The summed E-state index contributed by atoms with van der Waals surface area (Å²) in [6.07, 6.45) is 2.66. The number of anilines is 1. The lowest BCUT2D eigenvalue weighted by atomic mass is 9.98. The van der Waals surface area contributed by atoms with Gasteiger partial charge in [0.2, 0.25) is 0 Å². The molecule has 100 valence electrons. The molecule has 0 spiro atoms. The molecule has 1 unspecified atom stereocenters. The molecule has 3 nitrogen and oxygen atoms in total. The number of nitrogens with two attached hydrogens (primary N) is 1. The van der Waals surface area contributed by atoms with E-state index in [4.69, 9.17) is 17.3 Å². The van der Waals surface area contributed by atoms with Crippen molar-refractivity contribution in [3.63, 3.8) is 0 Å². The van der Waals surface area contributed by atoms with Crippen LogP contribution in [0.15, 0.2) is 18.2 Å². The van der Waals surface area contributed by atoms with E-state index in [-0.39, 0.29) is 0 Å². The van der Waals surface area contributed by atoms with Crippen LogP contribution in [0.4, 0.5) is 5.69 Å². The lowest BCUT2D eigenvalue weighted by Crippen LogP contribution is -2.28. The predicted octanol–water partition coefficient (Wildman–Crippen LogP) is 2.54. The molecule has 0 saturated carbocycles. The molecule has 2 rings (SSSR count). The Bertz CT molecular complexity index is 420. The number of halogens is 1. The Morgan fingerprint density at radius 1 is 1.39 bits per heavy atom. The Hall–Kier alpha value is -0.770. The second kappa shape index (κ2) is 5.47. The minimum absolute atomic E-state index is 0.466. The molecule has 1 aliphatic heterocycles. The number of hydrogen-bond donors (Lipinski definition) is 2. The Morgan fingerprint density at radius 2 is 2.17 bits per heavy atom. The topological polar surface area (TPSA) is 49.5 Å². The Kier molecular flexibility index (Phi) is 4.15. The van der Waals surface area contributed by atoms with Crippen LogP contribution in [0.25, 0.3) is 0 Å². The lowest BCUT2D eigenvalue weighted by molar-refractivity contribution is 0.0481. The van der Waals surface area contributed by atoms with Gasteiger partial charge >= 0.3 is 0 Å². The highest BCUT2D eigenvalue weighted by Crippen LogP contribution is 2.28. The van der Waals surface area contributed by atoms with Gasteiger partial charge in [0, 0.05) is 30.3 Å². The van der Waals surface area contributed by atoms with Crippen molar-refractivity contribution in [1.82, 2.24) is 0 Å². The van der Waals surface area contributed by atoms with Gasteiger partial charge in [-0.05, 0) is 43.9 Å². The predicted molar refractivity (Wildman–Crippen MR) is 76.0 cm³/mol. The van der Waals surface area contributed by atoms with Gasteiger partial charge in [-0.2, -0.15) is 0 Å². The SMILES string of the molecule is CC1(O)CCCN(c2ccc(CN)c(Cl)c2)CC1. The number of hydrogen-bond acceptors (Lipinski definition) is 3. The van der Waals surface area contributed by atoms with Gasteiger partial charge in [0.05, 0.1) is 5.60 Å². The largest absolute Gasteiger partial charge is 0.390 e. The molecule has 1 saturated heterocycles. The molecular formula is C14H21ClN2O. The van der Waals surface area contributed by atoms with Crippen molar-refractivity contribution in [3.05, 3.63) is 28.8 Å². The summed E-state index contributed by atoms with van der Waals surface area (Å²) in [5.41, 5.74) is 7.17. The average Bonchev–Trinajstić information content (AvgIpc) is 2.50. The van der Waals surface area contributed by atoms with Crippen molar-refractivity contribution in [2.45, 2.75) is 38.3 Å². The Balaban J connectivity index is 2.14. The van der Waals surface area contributed by atoms with Crippen LogP contribution >= 0.6 is 11.6 Å². The second-order valence-electron chi connectivity index (χ2n) is 5.32. The van der Waals surface area contributed by atoms with Crippen LogP contribution in [0.3, 0.4) is 0 Å². The molecule has 1 aliphatic rings. The van der Waals surface area contributed by atoms with Crippen LogP contribution in [-0.2, 0) is 6.54 Å². The van der Waals surface area contributed by atoms with E-state index in [0.29, 0.717) is 6.54 Å². The summed E-state index contributed by atoms with van der Waals surface area (Å²) in [4.78, 5) is 2.29. The van der Waals surface area contributed by atoms with E-state index in [0.717, 1.165) is 48.6 Å². The van der Waals surface area contributed by atoms with E-state index < -0.39 is 5.60 Å². The summed E-state index contributed by atoms with van der Waals surface area (Å²) < 4.78 is 0. The van der Waals surface area contributed by atoms with Crippen molar-refractivity contribution in [2.24, 2.45) is 5.73 Å². The summed E-state index contributed by atoms with van der Waals surface area (Å²) in [7, 11) is 0. The highest BCUT2D eigenvalue weighted by molar-refractivity contribution is 6.31. The van der Waals surface area contributed by atoms with Crippen molar-refractivity contribution < 1.29 is 5.11 Å². The molecule has 3 N–H and O–H groups in total. The van der Waals surface area contributed by atoms with Crippen molar-refractivity contribution in [1.29, 1.82) is 0 Å². The lowest BCUT2D eigenvalue weighted by Gasteiger charge is -2.24. The van der Waals surface area contributed by atoms with E-state index in [1.54, 1.807) is 0 Å². The van der Waals surface area contributed by atoms with Gasteiger partial charge < -0.3 is 15.7 Å². The quantitative estimate of drug-likeness (QED) is 0.867. The zero-order chi connectivity index (χ0) is 13.2. The minimum Gasteiger partial charge on any atom is -0.390 e. The van der Waals surface area contributed by atoms with E-state index >= 15 is 0 Å². The smallest absolute Gasteiger partial charge is 0.0637 e. The maximum Gasteiger partial charge on any atom is 0.0637 e. The third kappa shape index (κ3) is 3.16. The number of rotatable bonds is 2. The van der Waals surface area contributed by atoms with Crippen molar-refractivity contribution >= 4 is 17.3 Å². The standard InChI is InChI=1S/C14H21ClN2O/c1-14(18)5-2-7-17(8-6-14)12-4-3-11(10-16)13(15)9-12/h3-4,9,18H,2,5-8,10,16H2,1H3. The van der Waals surface area contributed by atoms with Gasteiger partial charge in [-0.15, -0.1) is 0 Å². The third-order valence-corrected chi connectivity index (χ3v) is 4.04. The van der Waals surface area contributed by atoms with Crippen LogP contribution < -0.4 is 10.6 Å². The highest BCUT2D eigenvalue weighted by Gasteiger charge is 2.25. The molecule has 0 aliphatic carbocycles. The second-order valence-corrected chi connectivity index (χ2v) is 5.72. The van der Waals surface area contributed by atoms with Gasteiger partial charge in [-0.25, -0.2) is 0 Å². The van der Waals surface area contributed by atoms with E-state index in [1.807, 2.05) is 19.1 Å². The van der Waals surface area contributed by atoms with Gasteiger partial charge in [0.25, 0.3) is 0 Å². The molecule has 0 amide bonds. The van der Waals surface area contributed by atoms with E-state index in [9.17, 15) is 5.11 Å². The Labute approximate surface area is 114 Å². The molecule has 0 aromatic heterocycles. The van der Waals surface area contributed by atoms with Crippen molar-refractivity contribution in [3.8, 4) is 0 Å². The molecule has 4 heteroatoms. The van der Waals surface area contributed by atoms with Crippen LogP contribution in [0, 0.1) is 0 Å². The summed E-state index contributed by atoms with van der Waals surface area (Å²) >= 11 is 6.19. The van der Waals surface area contributed by atoms with Gasteiger partial charge in [-0.1, -0.05) is 17.7 Å². The fourth-order valence-electron chi connectivity index (χ4n) is 2.42. The summed E-state index contributed by atoms with van der Waals surface area (Å²) in [5, 5.41) is 10.8. The number of nitrogens with zero attached hydrogens (tertiary/aromatic N) is 1. The molecule has 1 atom stereocenters. The molecule has 1 heterocycles. The molecule has 1 fully saturated rings. The zero-order valence-electron chi connectivity index (χ0n) is 10.8. The van der Waals surface area contributed by atoms with E-state index in [2.05, 4.69) is 11.0 Å². The highest BCUT2D eigenvalue weighted by atomic mass is 35.5. The zero-order valence-corrected chi connectivity index (χ0v) is 11.6. The molecule has 0 bridgehead atoms. The van der Waals surface area contributed by atoms with E-state index in [1.165, 1.54) is 0 Å². The first-order valence-corrected chi connectivity index (χ1v) is 6.85. The minimum atomic E-state index is -0.532. The maximum absolute atomic E-state index is 10.1. The summed E-state index contributed by atoms with van der Waals surface area (Å²) in [6, 6.07) is 6.03. The fraction of sp³-hybridized carbons (Fsp3) is 0.571. The molecule has 1 aromatic rings. The van der Waals surface area contributed by atoms with Gasteiger partial charge in [0.1, 0.15) is 0 Å². The molecule has 1 aromatic carbocycles.